The average molecular weight is 307 g/mol. The molecule has 2 rings (SSSR count). The summed E-state index contributed by atoms with van der Waals surface area (Å²) < 4.78 is 0. The van der Waals surface area contributed by atoms with Crippen molar-refractivity contribution in [2.75, 3.05) is 5.32 Å². The van der Waals surface area contributed by atoms with E-state index in [-0.39, 0.29) is 5.91 Å². The second-order valence-electron chi connectivity index (χ2n) is 4.21. The van der Waals surface area contributed by atoms with Crippen molar-refractivity contribution in [1.29, 1.82) is 0 Å². The molecule has 0 aliphatic rings. The van der Waals surface area contributed by atoms with Crippen LogP contribution in [0.4, 0.5) is 5.82 Å². The number of hydrogen-bond acceptors (Lipinski definition) is 2. The second-order valence-corrected chi connectivity index (χ2v) is 5.05. The Bertz CT molecular complexity index is 651. The third kappa shape index (κ3) is 4.08. The highest BCUT2D eigenvalue weighted by Crippen LogP contribution is 2.21. The monoisotopic (exact) mass is 306 g/mol. The van der Waals surface area contributed by atoms with E-state index in [9.17, 15) is 4.79 Å². The topological polar surface area (TPSA) is 42.0 Å². The van der Waals surface area contributed by atoms with Crippen LogP contribution in [0.15, 0.2) is 42.6 Å². The maximum absolute atomic E-state index is 11.7. The molecule has 0 spiro atoms. The van der Waals surface area contributed by atoms with Gasteiger partial charge in [0.05, 0.1) is 0 Å². The summed E-state index contributed by atoms with van der Waals surface area (Å²) in [5.74, 6) is 0.236. The largest absolute Gasteiger partial charge is 0.307 e. The minimum Gasteiger partial charge on any atom is -0.307 e. The standard InChI is InChI=1S/C15H12Cl2N2O/c1-10-2-6-14(18-9-10)19-15(20)7-4-11-3-5-12(16)8-13(11)17/h2-9H,1H3,(H,18,19,20). The Labute approximate surface area is 127 Å². The van der Waals surface area contributed by atoms with Crippen LogP contribution >= 0.6 is 23.2 Å². The first kappa shape index (κ1) is 14.6. The molecule has 0 bridgehead atoms. The highest BCUT2D eigenvalue weighted by molar-refractivity contribution is 6.35. The second kappa shape index (κ2) is 6.55. The lowest BCUT2D eigenvalue weighted by Crippen LogP contribution is -2.08. The molecule has 0 aliphatic carbocycles. The SMILES string of the molecule is Cc1ccc(NC(=O)C=Cc2ccc(Cl)cc2Cl)nc1. The zero-order valence-corrected chi connectivity index (χ0v) is 12.2. The fraction of sp³-hybridized carbons (Fsp3) is 0.0667. The quantitative estimate of drug-likeness (QED) is 0.857. The van der Waals surface area contributed by atoms with Gasteiger partial charge in [0.25, 0.3) is 0 Å². The van der Waals surface area contributed by atoms with Gasteiger partial charge in [0.15, 0.2) is 0 Å². The maximum atomic E-state index is 11.7. The van der Waals surface area contributed by atoms with Crippen molar-refractivity contribution in [3.63, 3.8) is 0 Å². The number of nitrogens with one attached hydrogen (secondary N) is 1. The zero-order chi connectivity index (χ0) is 14.5. The van der Waals surface area contributed by atoms with E-state index >= 15 is 0 Å². The van der Waals surface area contributed by atoms with Crippen molar-refractivity contribution in [2.45, 2.75) is 6.92 Å². The molecule has 1 heterocycles. The number of amides is 1. The fourth-order valence-corrected chi connectivity index (χ4v) is 1.98. The summed E-state index contributed by atoms with van der Waals surface area (Å²) in [5.41, 5.74) is 1.76. The van der Waals surface area contributed by atoms with E-state index in [0.29, 0.717) is 15.9 Å². The lowest BCUT2D eigenvalue weighted by atomic mass is 10.2. The molecule has 0 saturated heterocycles. The van der Waals surface area contributed by atoms with Crippen molar-refractivity contribution in [3.8, 4) is 0 Å². The third-order valence-electron chi connectivity index (χ3n) is 2.54. The van der Waals surface area contributed by atoms with Gasteiger partial charge in [-0.1, -0.05) is 35.3 Å². The van der Waals surface area contributed by atoms with E-state index < -0.39 is 0 Å². The smallest absolute Gasteiger partial charge is 0.249 e. The van der Waals surface area contributed by atoms with Gasteiger partial charge in [-0.05, 0) is 42.3 Å². The average Bonchev–Trinajstić information content (AvgIpc) is 2.40. The molecule has 5 heteroatoms. The summed E-state index contributed by atoms with van der Waals surface area (Å²) in [6.07, 6.45) is 4.72. The molecule has 0 aliphatic heterocycles. The molecular weight excluding hydrogens is 295 g/mol. The lowest BCUT2D eigenvalue weighted by Gasteiger charge is -2.01. The van der Waals surface area contributed by atoms with Gasteiger partial charge in [-0.3, -0.25) is 4.79 Å². The number of anilines is 1. The Morgan fingerprint density at radius 3 is 2.70 bits per heavy atom. The van der Waals surface area contributed by atoms with E-state index in [4.69, 9.17) is 23.2 Å². The van der Waals surface area contributed by atoms with Crippen LogP contribution in [0.2, 0.25) is 10.0 Å². The number of rotatable bonds is 3. The summed E-state index contributed by atoms with van der Waals surface area (Å²) in [7, 11) is 0. The number of benzene rings is 1. The highest BCUT2D eigenvalue weighted by Gasteiger charge is 2.01. The molecule has 1 N–H and O–H groups in total. The molecule has 0 radical (unpaired) electrons. The number of nitrogens with zero attached hydrogens (tertiary/aromatic N) is 1. The Hall–Kier alpha value is -1.84. The van der Waals surface area contributed by atoms with Crippen molar-refractivity contribution in [1.82, 2.24) is 4.98 Å². The highest BCUT2D eigenvalue weighted by atomic mass is 35.5. The fourth-order valence-electron chi connectivity index (χ4n) is 1.51. The predicted molar refractivity (Wildman–Crippen MR) is 83.1 cm³/mol. The Balaban J connectivity index is 2.03. The predicted octanol–water partition coefficient (Wildman–Crippen LogP) is 4.35. The summed E-state index contributed by atoms with van der Waals surface area (Å²) in [4.78, 5) is 15.8. The van der Waals surface area contributed by atoms with Crippen molar-refractivity contribution >= 4 is 41.0 Å². The first-order chi connectivity index (χ1) is 9.54. The molecule has 20 heavy (non-hydrogen) atoms. The zero-order valence-electron chi connectivity index (χ0n) is 10.7. The summed E-state index contributed by atoms with van der Waals surface area (Å²) >= 11 is 11.8. The summed E-state index contributed by atoms with van der Waals surface area (Å²) in [5, 5.41) is 3.72. The van der Waals surface area contributed by atoms with Crippen molar-refractivity contribution in [3.05, 3.63) is 63.8 Å². The molecule has 102 valence electrons. The van der Waals surface area contributed by atoms with Crippen LogP contribution in [-0.2, 0) is 4.79 Å². The van der Waals surface area contributed by atoms with Crippen molar-refractivity contribution in [2.24, 2.45) is 0 Å². The number of aryl methyl sites for hydroxylation is 1. The van der Waals surface area contributed by atoms with Gasteiger partial charge in [0, 0.05) is 22.3 Å². The number of hydrogen-bond donors (Lipinski definition) is 1. The lowest BCUT2D eigenvalue weighted by molar-refractivity contribution is -0.111. The van der Waals surface area contributed by atoms with E-state index in [0.717, 1.165) is 11.1 Å². The molecular formula is C15H12Cl2N2O. The summed E-state index contributed by atoms with van der Waals surface area (Å²) in [6, 6.07) is 8.71. The normalized spacial score (nSPS) is 10.8. The number of pyridine rings is 1. The van der Waals surface area contributed by atoms with Crippen LogP contribution in [0.1, 0.15) is 11.1 Å². The Kier molecular flexibility index (Phi) is 4.77. The van der Waals surface area contributed by atoms with Crippen LogP contribution in [0.3, 0.4) is 0 Å². The maximum Gasteiger partial charge on any atom is 0.249 e. The van der Waals surface area contributed by atoms with Crippen molar-refractivity contribution < 1.29 is 4.79 Å². The van der Waals surface area contributed by atoms with E-state index in [1.165, 1.54) is 6.08 Å². The molecule has 2 aromatic rings. The van der Waals surface area contributed by atoms with Crippen LogP contribution in [0.25, 0.3) is 6.08 Å². The van der Waals surface area contributed by atoms with Gasteiger partial charge in [0.2, 0.25) is 5.91 Å². The molecule has 3 nitrogen and oxygen atoms in total. The molecule has 1 aromatic heterocycles. The van der Waals surface area contributed by atoms with Crippen LogP contribution in [-0.4, -0.2) is 10.9 Å². The number of aromatic nitrogens is 1. The third-order valence-corrected chi connectivity index (χ3v) is 3.10. The molecule has 0 fully saturated rings. The van der Waals surface area contributed by atoms with Gasteiger partial charge in [-0.2, -0.15) is 0 Å². The van der Waals surface area contributed by atoms with Crippen LogP contribution in [0.5, 0.6) is 0 Å². The van der Waals surface area contributed by atoms with Gasteiger partial charge >= 0.3 is 0 Å². The number of carbonyl (C=O) groups is 1. The van der Waals surface area contributed by atoms with Gasteiger partial charge in [-0.15, -0.1) is 0 Å². The van der Waals surface area contributed by atoms with Crippen LogP contribution < -0.4 is 5.32 Å². The van der Waals surface area contributed by atoms with Crippen LogP contribution in [0, 0.1) is 6.92 Å². The number of carbonyl (C=O) groups excluding carboxylic acids is 1. The van der Waals surface area contributed by atoms with Gasteiger partial charge in [0.1, 0.15) is 5.82 Å². The molecule has 0 unspecified atom stereocenters. The number of halogens is 2. The Morgan fingerprint density at radius 2 is 2.05 bits per heavy atom. The van der Waals surface area contributed by atoms with E-state index in [2.05, 4.69) is 10.3 Å². The van der Waals surface area contributed by atoms with Gasteiger partial charge in [-0.25, -0.2) is 4.98 Å². The summed E-state index contributed by atoms with van der Waals surface area (Å²) in [6.45, 7) is 1.93. The molecule has 1 amide bonds. The molecule has 0 saturated carbocycles. The minimum atomic E-state index is -0.271. The van der Waals surface area contributed by atoms with Gasteiger partial charge < -0.3 is 5.32 Å². The van der Waals surface area contributed by atoms with E-state index in [1.807, 2.05) is 13.0 Å². The first-order valence-corrected chi connectivity index (χ1v) is 6.67. The van der Waals surface area contributed by atoms with E-state index in [1.54, 1.807) is 36.5 Å². The molecule has 1 aromatic carbocycles. The minimum absolute atomic E-state index is 0.271. The first-order valence-electron chi connectivity index (χ1n) is 5.91. The Morgan fingerprint density at radius 1 is 1.25 bits per heavy atom. The molecule has 0 atom stereocenters.